The average molecular weight is 320 g/mol. The van der Waals surface area contributed by atoms with Gasteiger partial charge in [0.25, 0.3) is 0 Å². The molecule has 2 aromatic heterocycles. The smallest absolute Gasteiger partial charge is 0.223 e. The Balaban J connectivity index is 1.64. The predicted molar refractivity (Wildman–Crippen MR) is 87.2 cm³/mol. The third-order valence-corrected chi connectivity index (χ3v) is 4.96. The van der Waals surface area contributed by atoms with Crippen molar-refractivity contribution < 1.29 is 4.79 Å². The van der Waals surface area contributed by atoms with Crippen LogP contribution in [0.1, 0.15) is 13.3 Å². The molecule has 3 rings (SSSR count). The zero-order chi connectivity index (χ0) is 15.5. The molecule has 1 amide bonds. The Bertz CT molecular complexity index is 652. The standard InChI is InChI=1S/C14H20N6OS/c1-11(22-2)7-14(21)19-5-3-18(4-6-19)13-9-15-8-12-16-10-17-20(12)13/h8-11H,3-7H2,1-2H3. The minimum Gasteiger partial charge on any atom is -0.352 e. The van der Waals surface area contributed by atoms with Gasteiger partial charge >= 0.3 is 0 Å². The van der Waals surface area contributed by atoms with Crippen LogP contribution in [0.5, 0.6) is 0 Å². The van der Waals surface area contributed by atoms with E-state index in [0.717, 1.165) is 37.6 Å². The maximum atomic E-state index is 12.2. The van der Waals surface area contributed by atoms with Gasteiger partial charge in [-0.3, -0.25) is 9.78 Å². The highest BCUT2D eigenvalue weighted by atomic mass is 32.2. The Kier molecular flexibility index (Phi) is 4.47. The van der Waals surface area contributed by atoms with Gasteiger partial charge in [0, 0.05) is 37.8 Å². The van der Waals surface area contributed by atoms with Crippen LogP contribution in [0.25, 0.3) is 5.65 Å². The summed E-state index contributed by atoms with van der Waals surface area (Å²) in [5.74, 6) is 1.18. The zero-order valence-corrected chi connectivity index (χ0v) is 13.7. The van der Waals surface area contributed by atoms with Crippen LogP contribution in [-0.4, -0.2) is 68.1 Å². The number of thioether (sulfide) groups is 1. The summed E-state index contributed by atoms with van der Waals surface area (Å²) in [5, 5.41) is 4.61. The van der Waals surface area contributed by atoms with Gasteiger partial charge in [0.15, 0.2) is 11.5 Å². The summed E-state index contributed by atoms with van der Waals surface area (Å²) in [5.41, 5.74) is 0.741. The van der Waals surface area contributed by atoms with Gasteiger partial charge < -0.3 is 9.80 Å². The molecule has 0 spiro atoms. The lowest BCUT2D eigenvalue weighted by atomic mass is 10.2. The van der Waals surface area contributed by atoms with Crippen LogP contribution in [0.4, 0.5) is 5.82 Å². The molecule has 22 heavy (non-hydrogen) atoms. The van der Waals surface area contributed by atoms with Gasteiger partial charge in [-0.25, -0.2) is 4.98 Å². The Morgan fingerprint density at radius 2 is 2.09 bits per heavy atom. The van der Waals surface area contributed by atoms with Crippen molar-refractivity contribution in [3.05, 3.63) is 18.7 Å². The number of hydrogen-bond acceptors (Lipinski definition) is 6. The topological polar surface area (TPSA) is 66.6 Å². The van der Waals surface area contributed by atoms with Crippen molar-refractivity contribution in [2.45, 2.75) is 18.6 Å². The van der Waals surface area contributed by atoms with Gasteiger partial charge in [0.1, 0.15) is 6.33 Å². The van der Waals surface area contributed by atoms with Crippen LogP contribution in [-0.2, 0) is 4.79 Å². The molecular formula is C14H20N6OS. The summed E-state index contributed by atoms with van der Waals surface area (Å²) in [4.78, 5) is 24.8. The number of fused-ring (bicyclic) bond motifs is 1. The number of amides is 1. The molecule has 0 saturated carbocycles. The Morgan fingerprint density at radius 1 is 1.32 bits per heavy atom. The van der Waals surface area contributed by atoms with Gasteiger partial charge in [0.05, 0.1) is 12.4 Å². The second-order valence-corrected chi connectivity index (χ2v) is 6.69. The maximum absolute atomic E-state index is 12.2. The maximum Gasteiger partial charge on any atom is 0.223 e. The third kappa shape index (κ3) is 3.01. The lowest BCUT2D eigenvalue weighted by Crippen LogP contribution is -2.49. The molecule has 2 aromatic rings. The van der Waals surface area contributed by atoms with E-state index in [2.05, 4.69) is 26.9 Å². The lowest BCUT2D eigenvalue weighted by molar-refractivity contribution is -0.131. The zero-order valence-electron chi connectivity index (χ0n) is 12.8. The highest BCUT2D eigenvalue weighted by Crippen LogP contribution is 2.17. The SMILES string of the molecule is CSC(C)CC(=O)N1CCN(c2cncc3ncnn23)CC1. The molecule has 118 valence electrons. The normalized spacial score (nSPS) is 17.0. The number of nitrogens with zero attached hydrogens (tertiary/aromatic N) is 6. The van der Waals surface area contributed by atoms with Crippen molar-refractivity contribution in [1.29, 1.82) is 0 Å². The number of anilines is 1. The summed E-state index contributed by atoms with van der Waals surface area (Å²) in [6.07, 6.45) is 7.68. The molecular weight excluding hydrogens is 300 g/mol. The Morgan fingerprint density at radius 3 is 2.82 bits per heavy atom. The molecule has 0 aliphatic carbocycles. The number of rotatable bonds is 4. The molecule has 8 heteroatoms. The second-order valence-electron chi connectivity index (χ2n) is 5.41. The fraction of sp³-hybridized carbons (Fsp3) is 0.571. The van der Waals surface area contributed by atoms with Crippen LogP contribution in [0.2, 0.25) is 0 Å². The number of carbonyl (C=O) groups is 1. The van der Waals surface area contributed by atoms with Crippen LogP contribution in [0.3, 0.4) is 0 Å². The molecule has 0 aromatic carbocycles. The summed E-state index contributed by atoms with van der Waals surface area (Å²) in [6, 6.07) is 0. The van der Waals surface area contributed by atoms with E-state index in [0.29, 0.717) is 11.7 Å². The average Bonchev–Trinajstić information content (AvgIpc) is 3.03. The molecule has 7 nitrogen and oxygen atoms in total. The van der Waals surface area contributed by atoms with Crippen molar-refractivity contribution in [3.63, 3.8) is 0 Å². The minimum absolute atomic E-state index is 0.249. The second kappa shape index (κ2) is 6.51. The summed E-state index contributed by atoms with van der Waals surface area (Å²) >= 11 is 1.73. The van der Waals surface area contributed by atoms with E-state index in [1.165, 1.54) is 6.33 Å². The van der Waals surface area contributed by atoms with E-state index in [4.69, 9.17) is 0 Å². The van der Waals surface area contributed by atoms with Crippen molar-refractivity contribution in [1.82, 2.24) is 24.5 Å². The van der Waals surface area contributed by atoms with Gasteiger partial charge in [-0.05, 0) is 6.26 Å². The van der Waals surface area contributed by atoms with Crippen LogP contribution in [0.15, 0.2) is 18.7 Å². The number of aromatic nitrogens is 4. The van der Waals surface area contributed by atoms with Gasteiger partial charge in [0.2, 0.25) is 5.91 Å². The first-order valence-electron chi connectivity index (χ1n) is 7.38. The monoisotopic (exact) mass is 320 g/mol. The summed E-state index contributed by atoms with van der Waals surface area (Å²) in [6.45, 7) is 5.16. The fourth-order valence-corrected chi connectivity index (χ4v) is 2.91. The highest BCUT2D eigenvalue weighted by Gasteiger charge is 2.23. The largest absolute Gasteiger partial charge is 0.352 e. The molecule has 1 unspecified atom stereocenters. The van der Waals surface area contributed by atoms with E-state index in [1.807, 2.05) is 11.2 Å². The molecule has 1 aliphatic rings. The van der Waals surface area contributed by atoms with Crippen molar-refractivity contribution >= 4 is 29.1 Å². The minimum atomic E-state index is 0.249. The molecule has 1 aliphatic heterocycles. The van der Waals surface area contributed by atoms with Crippen molar-refractivity contribution in [3.8, 4) is 0 Å². The Labute approximate surface area is 133 Å². The highest BCUT2D eigenvalue weighted by molar-refractivity contribution is 7.99. The molecule has 1 atom stereocenters. The summed E-state index contributed by atoms with van der Waals surface area (Å²) in [7, 11) is 0. The number of piperazine rings is 1. The van der Waals surface area contributed by atoms with E-state index >= 15 is 0 Å². The van der Waals surface area contributed by atoms with Crippen LogP contribution < -0.4 is 4.90 Å². The van der Waals surface area contributed by atoms with E-state index < -0.39 is 0 Å². The van der Waals surface area contributed by atoms with E-state index in [-0.39, 0.29) is 5.91 Å². The first-order chi connectivity index (χ1) is 10.7. The Hall–Kier alpha value is -1.83. The first kappa shape index (κ1) is 15.1. The van der Waals surface area contributed by atoms with Gasteiger partial charge in [-0.15, -0.1) is 0 Å². The van der Waals surface area contributed by atoms with Crippen molar-refractivity contribution in [2.75, 3.05) is 37.3 Å². The molecule has 0 bridgehead atoms. The fourth-order valence-electron chi connectivity index (χ4n) is 2.60. The molecule has 0 radical (unpaired) electrons. The van der Waals surface area contributed by atoms with E-state index in [9.17, 15) is 4.79 Å². The van der Waals surface area contributed by atoms with Crippen molar-refractivity contribution in [2.24, 2.45) is 0 Å². The molecule has 1 fully saturated rings. The first-order valence-corrected chi connectivity index (χ1v) is 8.67. The summed E-state index contributed by atoms with van der Waals surface area (Å²) < 4.78 is 1.79. The van der Waals surface area contributed by atoms with Gasteiger partial charge in [-0.2, -0.15) is 21.4 Å². The van der Waals surface area contributed by atoms with E-state index in [1.54, 1.807) is 28.7 Å². The molecule has 3 heterocycles. The number of carbonyl (C=O) groups excluding carboxylic acids is 1. The van der Waals surface area contributed by atoms with Crippen LogP contribution >= 0.6 is 11.8 Å². The van der Waals surface area contributed by atoms with Crippen LogP contribution in [0, 0.1) is 0 Å². The number of hydrogen-bond donors (Lipinski definition) is 0. The third-order valence-electron chi connectivity index (χ3n) is 3.99. The van der Waals surface area contributed by atoms with Gasteiger partial charge in [-0.1, -0.05) is 6.92 Å². The quantitative estimate of drug-likeness (QED) is 0.834. The molecule has 1 saturated heterocycles. The lowest BCUT2D eigenvalue weighted by Gasteiger charge is -2.36. The predicted octanol–water partition coefficient (Wildman–Crippen LogP) is 0.915. The molecule has 0 N–H and O–H groups in total.